The van der Waals surface area contributed by atoms with Gasteiger partial charge in [-0.05, 0) is 32.0 Å². The molecule has 0 unspecified atom stereocenters. The Morgan fingerprint density at radius 3 is 2.85 bits per heavy atom. The van der Waals surface area contributed by atoms with Crippen molar-refractivity contribution < 1.29 is 14.1 Å². The van der Waals surface area contributed by atoms with Crippen molar-refractivity contribution in [3.63, 3.8) is 0 Å². The van der Waals surface area contributed by atoms with E-state index in [0.29, 0.717) is 23.9 Å². The van der Waals surface area contributed by atoms with E-state index in [2.05, 4.69) is 10.5 Å². The van der Waals surface area contributed by atoms with Crippen LogP contribution in [0.15, 0.2) is 28.8 Å². The molecule has 0 aliphatic rings. The van der Waals surface area contributed by atoms with Crippen molar-refractivity contribution in [1.29, 1.82) is 0 Å². The van der Waals surface area contributed by atoms with E-state index in [1.807, 2.05) is 6.92 Å². The molecule has 0 saturated carbocycles. The normalized spacial score (nSPS) is 10.3. The van der Waals surface area contributed by atoms with Gasteiger partial charge < -0.3 is 14.6 Å². The van der Waals surface area contributed by atoms with Gasteiger partial charge in [-0.3, -0.25) is 4.79 Å². The molecule has 0 bridgehead atoms. The number of rotatable bonds is 5. The molecule has 0 radical (unpaired) electrons. The number of anilines is 1. The molecule has 106 valence electrons. The maximum absolute atomic E-state index is 11.9. The predicted octanol–water partition coefficient (Wildman–Crippen LogP) is 3.37. The Morgan fingerprint density at radius 1 is 1.45 bits per heavy atom. The van der Waals surface area contributed by atoms with Crippen molar-refractivity contribution in [1.82, 2.24) is 5.16 Å². The molecule has 1 heterocycles. The van der Waals surface area contributed by atoms with E-state index in [4.69, 9.17) is 20.9 Å². The van der Waals surface area contributed by atoms with E-state index in [1.54, 1.807) is 31.2 Å². The second kappa shape index (κ2) is 6.43. The van der Waals surface area contributed by atoms with E-state index in [9.17, 15) is 4.79 Å². The van der Waals surface area contributed by atoms with Gasteiger partial charge in [-0.1, -0.05) is 5.16 Å². The van der Waals surface area contributed by atoms with Gasteiger partial charge in [-0.15, -0.1) is 11.6 Å². The average Bonchev–Trinajstić information content (AvgIpc) is 2.87. The summed E-state index contributed by atoms with van der Waals surface area (Å²) in [5, 5.41) is 6.40. The number of hydrogen-bond donors (Lipinski definition) is 1. The third-order valence-corrected chi connectivity index (χ3v) is 2.91. The van der Waals surface area contributed by atoms with Crippen LogP contribution in [0.3, 0.4) is 0 Å². The van der Waals surface area contributed by atoms with Gasteiger partial charge >= 0.3 is 0 Å². The number of alkyl halides is 1. The number of benzene rings is 1. The first-order chi connectivity index (χ1) is 9.63. The van der Waals surface area contributed by atoms with Crippen LogP contribution in [0.2, 0.25) is 0 Å². The molecule has 5 nitrogen and oxygen atoms in total. The van der Waals surface area contributed by atoms with E-state index in [1.165, 1.54) is 0 Å². The number of carbonyl (C=O) groups is 1. The zero-order chi connectivity index (χ0) is 14.5. The minimum Gasteiger partial charge on any atom is -0.494 e. The Morgan fingerprint density at radius 2 is 2.25 bits per heavy atom. The molecule has 0 fully saturated rings. The topological polar surface area (TPSA) is 64.4 Å². The first kappa shape index (κ1) is 14.4. The molecule has 1 aromatic heterocycles. The Bertz CT molecular complexity index is 610. The Hall–Kier alpha value is -2.01. The summed E-state index contributed by atoms with van der Waals surface area (Å²) in [5.41, 5.74) is 1.70. The highest BCUT2D eigenvalue weighted by Crippen LogP contribution is 2.24. The van der Waals surface area contributed by atoms with Crippen LogP contribution in [0.25, 0.3) is 0 Å². The number of hydrogen-bond acceptors (Lipinski definition) is 4. The highest BCUT2D eigenvalue weighted by atomic mass is 35.5. The molecule has 1 N–H and O–H groups in total. The predicted molar refractivity (Wildman–Crippen MR) is 76.4 cm³/mol. The van der Waals surface area contributed by atoms with Crippen molar-refractivity contribution in [3.05, 3.63) is 41.3 Å². The first-order valence-electron chi connectivity index (χ1n) is 6.20. The van der Waals surface area contributed by atoms with Crippen LogP contribution in [0, 0.1) is 6.92 Å². The Kier molecular flexibility index (Phi) is 4.63. The highest BCUT2D eigenvalue weighted by Gasteiger charge is 2.12. The van der Waals surface area contributed by atoms with E-state index in [0.717, 1.165) is 11.3 Å². The summed E-state index contributed by atoms with van der Waals surface area (Å²) in [6, 6.07) is 6.89. The van der Waals surface area contributed by atoms with Gasteiger partial charge in [0.05, 0.1) is 12.5 Å². The van der Waals surface area contributed by atoms with Crippen molar-refractivity contribution in [2.24, 2.45) is 0 Å². The largest absolute Gasteiger partial charge is 0.494 e. The molecule has 0 spiro atoms. The van der Waals surface area contributed by atoms with Crippen LogP contribution in [-0.2, 0) is 5.88 Å². The minimum absolute atomic E-state index is 0.240. The second-order valence-corrected chi connectivity index (χ2v) is 4.43. The van der Waals surface area contributed by atoms with Crippen LogP contribution in [0.1, 0.15) is 28.7 Å². The fourth-order valence-electron chi connectivity index (χ4n) is 1.73. The maximum atomic E-state index is 11.9. The second-order valence-electron chi connectivity index (χ2n) is 4.17. The number of aryl methyl sites for hydroxylation is 1. The third-order valence-electron chi connectivity index (χ3n) is 2.62. The summed E-state index contributed by atoms with van der Waals surface area (Å²) in [5.74, 6) is 1.29. The Balaban J connectivity index is 2.15. The number of nitrogens with one attached hydrogen (secondary N) is 1. The number of nitrogens with zero attached hydrogens (tertiary/aromatic N) is 1. The minimum atomic E-state index is -0.327. The summed E-state index contributed by atoms with van der Waals surface area (Å²) in [4.78, 5) is 11.9. The molecule has 1 aromatic carbocycles. The van der Waals surface area contributed by atoms with Gasteiger partial charge in [0.15, 0.2) is 5.69 Å². The zero-order valence-electron chi connectivity index (χ0n) is 11.3. The van der Waals surface area contributed by atoms with Gasteiger partial charge in [0.1, 0.15) is 11.5 Å². The van der Waals surface area contributed by atoms with Crippen LogP contribution in [0.4, 0.5) is 5.69 Å². The molecule has 0 atom stereocenters. The monoisotopic (exact) mass is 294 g/mol. The number of ether oxygens (including phenoxy) is 1. The van der Waals surface area contributed by atoms with Crippen LogP contribution in [0.5, 0.6) is 5.75 Å². The average molecular weight is 295 g/mol. The number of amides is 1. The molecule has 0 aliphatic carbocycles. The molecular formula is C14H15ClN2O3. The quantitative estimate of drug-likeness (QED) is 0.859. The van der Waals surface area contributed by atoms with Gasteiger partial charge in [0.2, 0.25) is 0 Å². The summed E-state index contributed by atoms with van der Waals surface area (Å²) in [7, 11) is 0. The SMILES string of the molecule is CCOc1ccc(NC(=O)c2cc(C)on2)cc1CCl. The van der Waals surface area contributed by atoms with Crippen LogP contribution in [-0.4, -0.2) is 17.7 Å². The van der Waals surface area contributed by atoms with Gasteiger partial charge in [-0.2, -0.15) is 0 Å². The number of carbonyl (C=O) groups excluding carboxylic acids is 1. The van der Waals surface area contributed by atoms with E-state index >= 15 is 0 Å². The summed E-state index contributed by atoms with van der Waals surface area (Å²) >= 11 is 5.88. The smallest absolute Gasteiger partial charge is 0.277 e. The van der Waals surface area contributed by atoms with E-state index < -0.39 is 0 Å². The fourth-order valence-corrected chi connectivity index (χ4v) is 1.94. The van der Waals surface area contributed by atoms with Gasteiger partial charge in [0.25, 0.3) is 5.91 Å². The lowest BCUT2D eigenvalue weighted by atomic mass is 10.2. The molecule has 20 heavy (non-hydrogen) atoms. The third kappa shape index (κ3) is 3.30. The summed E-state index contributed by atoms with van der Waals surface area (Å²) in [6.07, 6.45) is 0. The first-order valence-corrected chi connectivity index (χ1v) is 6.74. The lowest BCUT2D eigenvalue weighted by Gasteiger charge is -2.10. The zero-order valence-corrected chi connectivity index (χ0v) is 12.0. The van der Waals surface area contributed by atoms with Crippen molar-refractivity contribution >= 4 is 23.2 Å². The van der Waals surface area contributed by atoms with Crippen molar-refractivity contribution in [3.8, 4) is 5.75 Å². The molecule has 0 saturated heterocycles. The van der Waals surface area contributed by atoms with Crippen LogP contribution < -0.4 is 10.1 Å². The lowest BCUT2D eigenvalue weighted by Crippen LogP contribution is -2.12. The van der Waals surface area contributed by atoms with Crippen LogP contribution >= 0.6 is 11.6 Å². The lowest BCUT2D eigenvalue weighted by molar-refractivity contribution is 0.101. The molecule has 6 heteroatoms. The van der Waals surface area contributed by atoms with Gasteiger partial charge in [0, 0.05) is 17.3 Å². The number of aromatic nitrogens is 1. The van der Waals surface area contributed by atoms with Crippen molar-refractivity contribution in [2.45, 2.75) is 19.7 Å². The molecule has 2 rings (SSSR count). The number of halogens is 1. The summed E-state index contributed by atoms with van der Waals surface area (Å²) in [6.45, 7) is 4.20. The van der Waals surface area contributed by atoms with E-state index in [-0.39, 0.29) is 11.6 Å². The standard InChI is InChI=1S/C14H15ClN2O3/c1-3-19-13-5-4-11(7-10(13)8-15)16-14(18)12-6-9(2)20-17-12/h4-7H,3,8H2,1-2H3,(H,16,18). The van der Waals surface area contributed by atoms with Gasteiger partial charge in [-0.25, -0.2) is 0 Å². The molecular weight excluding hydrogens is 280 g/mol. The summed E-state index contributed by atoms with van der Waals surface area (Å²) < 4.78 is 10.3. The highest BCUT2D eigenvalue weighted by molar-refractivity contribution is 6.17. The molecule has 2 aromatic rings. The Labute approximate surface area is 121 Å². The van der Waals surface area contributed by atoms with Crippen molar-refractivity contribution in [2.75, 3.05) is 11.9 Å². The molecule has 1 amide bonds. The maximum Gasteiger partial charge on any atom is 0.277 e. The molecule has 0 aliphatic heterocycles. The fraction of sp³-hybridized carbons (Fsp3) is 0.286.